The number of benzene rings is 2. The van der Waals surface area contributed by atoms with E-state index < -0.39 is 52.7 Å². The molecule has 4 heterocycles. The van der Waals surface area contributed by atoms with Crippen LogP contribution in [0.2, 0.25) is 0 Å². The van der Waals surface area contributed by atoms with Gasteiger partial charge in [0.05, 0.1) is 35.1 Å². The van der Waals surface area contributed by atoms with Gasteiger partial charge in [-0.05, 0) is 87.4 Å². The highest BCUT2D eigenvalue weighted by molar-refractivity contribution is 5.94. The van der Waals surface area contributed by atoms with Crippen LogP contribution in [0.15, 0.2) is 41.2 Å². The summed E-state index contributed by atoms with van der Waals surface area (Å²) in [6.07, 6.45) is -1.38. The lowest BCUT2D eigenvalue weighted by molar-refractivity contribution is -0.172. The zero-order chi connectivity index (χ0) is 35.9. The molecule has 0 fully saturated rings. The van der Waals surface area contributed by atoms with Crippen molar-refractivity contribution in [3.8, 4) is 11.4 Å². The van der Waals surface area contributed by atoms with Gasteiger partial charge >= 0.3 is 12.1 Å². The Balaban J connectivity index is 1.26. The van der Waals surface area contributed by atoms with E-state index in [1.165, 1.54) is 22.8 Å². The molecule has 50 heavy (non-hydrogen) atoms. The minimum atomic E-state index is -2.01. The molecule has 2 amide bonds. The molecule has 4 aromatic rings. The quantitative estimate of drug-likeness (QED) is 0.192. The molecular formula is C37H37FN4O8. The van der Waals surface area contributed by atoms with Crippen LogP contribution in [0.5, 0.6) is 0 Å². The fourth-order valence-corrected chi connectivity index (χ4v) is 7.27. The first-order valence-electron chi connectivity index (χ1n) is 16.5. The molecule has 2 aromatic carbocycles. The van der Waals surface area contributed by atoms with E-state index in [0.29, 0.717) is 63.1 Å². The van der Waals surface area contributed by atoms with Crippen molar-refractivity contribution in [2.45, 2.75) is 90.4 Å². The zero-order valence-electron chi connectivity index (χ0n) is 28.3. The number of rotatable bonds is 5. The molecule has 2 aromatic heterocycles. The number of anilines is 1. The molecule has 3 atom stereocenters. The SMILES string of the molecule is CC[C@@]1(O)C(=O)OCc2c1cc1n(c2=O)Cc2c-1nc1cc(F)c(C)c3c1c2[C@@H](NC(=O)C(O)c1ccc(NC(=O)OC(C)(C)C)cc1)CC3. The molecule has 0 saturated carbocycles. The number of aromatic nitrogens is 2. The molecule has 0 saturated heterocycles. The van der Waals surface area contributed by atoms with Crippen LogP contribution >= 0.6 is 0 Å². The standard InChI is InChI=1S/C37H37FN4O8/c1-6-37(48)23-13-27-30-21(15-42(27)33(45)22(23)16-49-34(37)46)29-25(12-11-20-17(2)24(38)14-26(40-30)28(20)29)41-32(44)31(43)18-7-9-19(10-8-18)39-35(47)50-36(3,4)5/h7-10,13-14,25,31,43,48H,6,11-12,15-16H2,1-5H3,(H,39,47)(H,41,44)/t25-,31?,37-/m0/s1. The summed E-state index contributed by atoms with van der Waals surface area (Å²) < 4.78 is 27.2. The lowest BCUT2D eigenvalue weighted by Gasteiger charge is -2.31. The molecule has 0 radical (unpaired) electrons. The highest BCUT2D eigenvalue weighted by Gasteiger charge is 2.46. The molecule has 7 rings (SSSR count). The Morgan fingerprint density at radius 1 is 1.16 bits per heavy atom. The fraction of sp³-hybridized carbons (Fsp3) is 0.378. The predicted molar refractivity (Wildman–Crippen MR) is 180 cm³/mol. The fourth-order valence-electron chi connectivity index (χ4n) is 7.27. The summed E-state index contributed by atoms with van der Waals surface area (Å²) in [5.74, 6) is -1.94. The summed E-state index contributed by atoms with van der Waals surface area (Å²) in [6, 6.07) is 8.45. The number of carbonyl (C=O) groups excluding carboxylic acids is 3. The molecule has 12 nitrogen and oxygen atoms in total. The van der Waals surface area contributed by atoms with Crippen LogP contribution in [-0.4, -0.2) is 43.3 Å². The number of nitrogens with one attached hydrogen (secondary N) is 2. The van der Waals surface area contributed by atoms with Gasteiger partial charge in [0.15, 0.2) is 11.7 Å². The van der Waals surface area contributed by atoms with Crippen LogP contribution in [0.3, 0.4) is 0 Å². The van der Waals surface area contributed by atoms with E-state index in [9.17, 15) is 29.4 Å². The lowest BCUT2D eigenvalue weighted by Crippen LogP contribution is -2.44. The highest BCUT2D eigenvalue weighted by atomic mass is 19.1. The monoisotopic (exact) mass is 684 g/mol. The second-order valence-electron chi connectivity index (χ2n) is 14.1. The highest BCUT2D eigenvalue weighted by Crippen LogP contribution is 2.46. The molecule has 3 aliphatic rings. The smallest absolute Gasteiger partial charge is 0.412 e. The number of fused-ring (bicyclic) bond motifs is 5. The van der Waals surface area contributed by atoms with Gasteiger partial charge in [-0.1, -0.05) is 19.1 Å². The van der Waals surface area contributed by atoms with Gasteiger partial charge < -0.3 is 29.6 Å². The number of amides is 2. The first kappa shape index (κ1) is 33.4. The van der Waals surface area contributed by atoms with Crippen LogP contribution in [0.1, 0.15) is 91.6 Å². The molecule has 13 heteroatoms. The van der Waals surface area contributed by atoms with Crippen molar-refractivity contribution in [2.24, 2.45) is 0 Å². The topological polar surface area (TPSA) is 169 Å². The Bertz CT molecular complexity index is 2190. The average Bonchev–Trinajstić information content (AvgIpc) is 3.43. The number of hydrogen-bond acceptors (Lipinski definition) is 9. The van der Waals surface area contributed by atoms with E-state index in [1.807, 2.05) is 0 Å². The largest absolute Gasteiger partial charge is 0.458 e. The normalized spacial score (nSPS) is 19.6. The van der Waals surface area contributed by atoms with Crippen LogP contribution in [0, 0.1) is 12.7 Å². The number of cyclic esters (lactones) is 1. The van der Waals surface area contributed by atoms with Crippen LogP contribution in [0.25, 0.3) is 22.3 Å². The van der Waals surface area contributed by atoms with E-state index in [1.54, 1.807) is 52.8 Å². The summed E-state index contributed by atoms with van der Waals surface area (Å²) >= 11 is 0. The Kier molecular flexibility index (Phi) is 7.83. The Hall–Kier alpha value is -5.14. The summed E-state index contributed by atoms with van der Waals surface area (Å²) in [5.41, 5.74) is 1.54. The van der Waals surface area contributed by atoms with Gasteiger partial charge in [-0.2, -0.15) is 0 Å². The van der Waals surface area contributed by atoms with E-state index >= 15 is 4.39 Å². The summed E-state index contributed by atoms with van der Waals surface area (Å²) in [6.45, 7) is 8.36. The molecular weight excluding hydrogens is 647 g/mol. The third-order valence-electron chi connectivity index (χ3n) is 9.81. The number of pyridine rings is 2. The average molecular weight is 685 g/mol. The molecule has 1 aliphatic carbocycles. The first-order valence-corrected chi connectivity index (χ1v) is 16.5. The van der Waals surface area contributed by atoms with E-state index in [-0.39, 0.29) is 30.7 Å². The molecule has 4 N–H and O–H groups in total. The summed E-state index contributed by atoms with van der Waals surface area (Å²) in [7, 11) is 0. The number of halogens is 1. The Labute approximate surface area is 286 Å². The van der Waals surface area contributed by atoms with Gasteiger partial charge in [-0.3, -0.25) is 14.9 Å². The molecule has 0 bridgehead atoms. The first-order chi connectivity index (χ1) is 23.6. The molecule has 1 unspecified atom stereocenters. The minimum Gasteiger partial charge on any atom is -0.458 e. The van der Waals surface area contributed by atoms with Crippen molar-refractivity contribution >= 4 is 34.6 Å². The molecule has 2 aliphatic heterocycles. The van der Waals surface area contributed by atoms with Crippen molar-refractivity contribution in [3.05, 3.63) is 91.5 Å². The number of aliphatic hydroxyl groups excluding tert-OH is 1. The number of hydrogen-bond donors (Lipinski definition) is 4. The van der Waals surface area contributed by atoms with Crippen molar-refractivity contribution in [1.29, 1.82) is 0 Å². The maximum atomic E-state index is 15.2. The van der Waals surface area contributed by atoms with Gasteiger partial charge in [0, 0.05) is 28.3 Å². The zero-order valence-corrected chi connectivity index (χ0v) is 28.3. The second-order valence-corrected chi connectivity index (χ2v) is 14.1. The third-order valence-corrected chi connectivity index (χ3v) is 9.81. The van der Waals surface area contributed by atoms with Gasteiger partial charge in [0.2, 0.25) is 0 Å². The van der Waals surface area contributed by atoms with Crippen LogP contribution < -0.4 is 16.2 Å². The lowest BCUT2D eigenvalue weighted by atomic mass is 9.81. The van der Waals surface area contributed by atoms with E-state index in [0.717, 1.165) is 5.56 Å². The summed E-state index contributed by atoms with van der Waals surface area (Å²) in [4.78, 5) is 57.1. The number of aliphatic hydroxyl groups is 2. The van der Waals surface area contributed by atoms with Gasteiger partial charge in [0.1, 0.15) is 18.0 Å². The Morgan fingerprint density at radius 2 is 1.88 bits per heavy atom. The maximum Gasteiger partial charge on any atom is 0.412 e. The van der Waals surface area contributed by atoms with Crippen molar-refractivity contribution in [2.75, 3.05) is 5.32 Å². The van der Waals surface area contributed by atoms with Gasteiger partial charge in [0.25, 0.3) is 11.5 Å². The third kappa shape index (κ3) is 5.32. The number of aryl methyl sites for hydroxylation is 1. The van der Waals surface area contributed by atoms with E-state index in [4.69, 9.17) is 14.5 Å². The molecule has 0 spiro atoms. The predicted octanol–water partition coefficient (Wildman–Crippen LogP) is 4.71. The molecule has 260 valence electrons. The van der Waals surface area contributed by atoms with Crippen molar-refractivity contribution in [1.82, 2.24) is 14.9 Å². The second kappa shape index (κ2) is 11.7. The number of esters is 1. The van der Waals surface area contributed by atoms with Crippen LogP contribution in [-0.2, 0) is 44.2 Å². The van der Waals surface area contributed by atoms with Crippen molar-refractivity contribution in [3.63, 3.8) is 0 Å². The van der Waals surface area contributed by atoms with E-state index in [2.05, 4.69) is 10.6 Å². The van der Waals surface area contributed by atoms with Gasteiger partial charge in [-0.15, -0.1) is 0 Å². The Morgan fingerprint density at radius 3 is 2.56 bits per heavy atom. The summed E-state index contributed by atoms with van der Waals surface area (Å²) in [5, 5.41) is 28.7. The number of ether oxygens (including phenoxy) is 2. The van der Waals surface area contributed by atoms with Gasteiger partial charge in [-0.25, -0.2) is 19.0 Å². The van der Waals surface area contributed by atoms with Crippen molar-refractivity contribution < 1.29 is 38.5 Å². The maximum absolute atomic E-state index is 15.2. The minimum absolute atomic E-state index is 0.0156. The van der Waals surface area contributed by atoms with Crippen LogP contribution in [0.4, 0.5) is 14.9 Å². The number of carbonyl (C=O) groups is 3. The number of nitrogens with zero attached hydrogens (tertiary/aromatic N) is 2.